The number of nitrogens with two attached hydrogens (primary N) is 1. The Kier molecular flexibility index (Phi) is 4.41. The number of H-pyrrole nitrogens is 1. The van der Waals surface area contributed by atoms with Crippen molar-refractivity contribution < 1.29 is 4.74 Å². The molecule has 30 heavy (non-hydrogen) atoms. The second kappa shape index (κ2) is 7.37. The zero-order valence-corrected chi connectivity index (χ0v) is 16.5. The van der Waals surface area contributed by atoms with E-state index < -0.39 is 0 Å². The lowest BCUT2D eigenvalue weighted by atomic mass is 10.0. The average Bonchev–Trinajstić information content (AvgIpc) is 3.16. The van der Waals surface area contributed by atoms with Crippen LogP contribution in [0.3, 0.4) is 0 Å². The number of anilines is 1. The molecule has 5 aromatic rings. The summed E-state index contributed by atoms with van der Waals surface area (Å²) in [6, 6.07) is 27.9. The van der Waals surface area contributed by atoms with E-state index in [2.05, 4.69) is 41.4 Å². The first-order valence-corrected chi connectivity index (χ1v) is 9.72. The average molecular weight is 392 g/mol. The minimum atomic E-state index is 0.438. The van der Waals surface area contributed by atoms with E-state index in [1.54, 1.807) is 0 Å². The molecule has 0 aliphatic heterocycles. The van der Waals surface area contributed by atoms with E-state index in [1.807, 2.05) is 60.7 Å². The maximum atomic E-state index is 6.15. The van der Waals surface area contributed by atoms with Crippen LogP contribution in [0.25, 0.3) is 33.4 Å². The third-order valence-electron chi connectivity index (χ3n) is 5.03. The summed E-state index contributed by atoms with van der Waals surface area (Å²) in [5.74, 6) is 2.00. The number of nitrogens with zero attached hydrogens (tertiary/aromatic N) is 2. The zero-order chi connectivity index (χ0) is 20.5. The molecule has 5 nitrogen and oxygen atoms in total. The molecule has 0 bridgehead atoms. The molecule has 0 atom stereocenters. The maximum Gasteiger partial charge on any atom is 0.155 e. The SMILES string of the molecule is Cc1ccc(-c2cc3[nH]nc(N)c3c(-c3ccc(Oc4ccccc4)cc3)n2)cc1. The highest BCUT2D eigenvalue weighted by molar-refractivity contribution is 6.01. The van der Waals surface area contributed by atoms with Crippen LogP contribution < -0.4 is 10.5 Å². The van der Waals surface area contributed by atoms with Crippen molar-refractivity contribution in [3.63, 3.8) is 0 Å². The zero-order valence-electron chi connectivity index (χ0n) is 16.5. The number of ether oxygens (including phenoxy) is 1. The Morgan fingerprint density at radius 2 is 1.47 bits per heavy atom. The Morgan fingerprint density at radius 1 is 0.800 bits per heavy atom. The van der Waals surface area contributed by atoms with Gasteiger partial charge in [0.15, 0.2) is 5.82 Å². The number of fused-ring (bicyclic) bond motifs is 1. The van der Waals surface area contributed by atoms with Crippen LogP contribution in [0.1, 0.15) is 5.56 Å². The highest BCUT2D eigenvalue weighted by Gasteiger charge is 2.15. The van der Waals surface area contributed by atoms with Gasteiger partial charge in [0.05, 0.1) is 22.3 Å². The molecular weight excluding hydrogens is 372 g/mol. The molecule has 3 N–H and O–H groups in total. The Bertz CT molecular complexity index is 1310. The number of para-hydroxylation sites is 1. The van der Waals surface area contributed by atoms with Gasteiger partial charge in [-0.05, 0) is 49.4 Å². The van der Waals surface area contributed by atoms with Crippen molar-refractivity contribution in [2.24, 2.45) is 0 Å². The van der Waals surface area contributed by atoms with E-state index in [4.69, 9.17) is 15.5 Å². The van der Waals surface area contributed by atoms with Crippen LogP contribution in [0.2, 0.25) is 0 Å². The first-order valence-electron chi connectivity index (χ1n) is 9.72. The summed E-state index contributed by atoms with van der Waals surface area (Å²) in [6.45, 7) is 2.07. The van der Waals surface area contributed by atoms with Crippen molar-refractivity contribution >= 4 is 16.7 Å². The van der Waals surface area contributed by atoms with E-state index in [0.29, 0.717) is 5.82 Å². The lowest BCUT2D eigenvalue weighted by Gasteiger charge is -2.10. The van der Waals surface area contributed by atoms with Crippen LogP contribution in [-0.4, -0.2) is 15.2 Å². The number of aromatic nitrogens is 3. The molecule has 0 aliphatic carbocycles. The summed E-state index contributed by atoms with van der Waals surface area (Å²) in [5, 5.41) is 8.04. The number of hydrogen-bond donors (Lipinski definition) is 2. The molecule has 5 heteroatoms. The van der Waals surface area contributed by atoms with Crippen molar-refractivity contribution in [1.82, 2.24) is 15.2 Å². The van der Waals surface area contributed by atoms with Gasteiger partial charge in [0.2, 0.25) is 0 Å². The Labute approximate surface area is 174 Å². The second-order valence-corrected chi connectivity index (χ2v) is 7.19. The van der Waals surface area contributed by atoms with Gasteiger partial charge in [0.1, 0.15) is 11.5 Å². The van der Waals surface area contributed by atoms with Gasteiger partial charge in [-0.25, -0.2) is 4.98 Å². The molecule has 2 heterocycles. The molecule has 0 saturated carbocycles. The van der Waals surface area contributed by atoms with Gasteiger partial charge in [-0.15, -0.1) is 0 Å². The number of aromatic amines is 1. The topological polar surface area (TPSA) is 76.8 Å². The van der Waals surface area contributed by atoms with Crippen LogP contribution in [0.15, 0.2) is 84.9 Å². The number of hydrogen-bond acceptors (Lipinski definition) is 4. The maximum absolute atomic E-state index is 6.15. The highest BCUT2D eigenvalue weighted by Crippen LogP contribution is 2.34. The van der Waals surface area contributed by atoms with Crippen LogP contribution >= 0.6 is 0 Å². The van der Waals surface area contributed by atoms with Crippen molar-refractivity contribution in [3.05, 3.63) is 90.5 Å². The quantitative estimate of drug-likeness (QED) is 0.395. The van der Waals surface area contributed by atoms with Crippen molar-refractivity contribution in [2.75, 3.05) is 5.73 Å². The number of nitrogens with one attached hydrogen (secondary N) is 1. The number of nitrogen functional groups attached to an aromatic ring is 1. The van der Waals surface area contributed by atoms with Crippen LogP contribution in [0.4, 0.5) is 5.82 Å². The fourth-order valence-electron chi connectivity index (χ4n) is 3.46. The fourth-order valence-corrected chi connectivity index (χ4v) is 3.46. The van der Waals surface area contributed by atoms with Crippen LogP contribution in [0, 0.1) is 6.92 Å². The molecule has 0 spiro atoms. The lowest BCUT2D eigenvalue weighted by molar-refractivity contribution is 0.483. The third kappa shape index (κ3) is 3.37. The molecule has 0 amide bonds. The predicted molar refractivity (Wildman–Crippen MR) is 120 cm³/mol. The molecule has 3 aromatic carbocycles. The molecule has 0 unspecified atom stereocenters. The van der Waals surface area contributed by atoms with Gasteiger partial charge in [0, 0.05) is 11.1 Å². The van der Waals surface area contributed by atoms with E-state index in [-0.39, 0.29) is 0 Å². The minimum absolute atomic E-state index is 0.438. The first-order chi connectivity index (χ1) is 14.7. The van der Waals surface area contributed by atoms with Crippen LogP contribution in [0.5, 0.6) is 11.5 Å². The summed E-state index contributed by atoms with van der Waals surface area (Å²) in [6.07, 6.45) is 0. The molecule has 0 radical (unpaired) electrons. The summed E-state index contributed by atoms with van der Waals surface area (Å²) in [5.41, 5.74) is 11.9. The van der Waals surface area contributed by atoms with Gasteiger partial charge < -0.3 is 10.5 Å². The van der Waals surface area contributed by atoms with Gasteiger partial charge in [-0.1, -0.05) is 48.0 Å². The molecule has 5 rings (SSSR count). The van der Waals surface area contributed by atoms with Gasteiger partial charge >= 0.3 is 0 Å². The Hall–Kier alpha value is -4.12. The highest BCUT2D eigenvalue weighted by atomic mass is 16.5. The molecule has 0 fully saturated rings. The Balaban J connectivity index is 1.57. The van der Waals surface area contributed by atoms with Crippen molar-refractivity contribution in [2.45, 2.75) is 6.92 Å². The number of benzene rings is 3. The normalized spacial score (nSPS) is 11.0. The molecule has 0 saturated heterocycles. The summed E-state index contributed by atoms with van der Waals surface area (Å²) in [4.78, 5) is 4.94. The molecular formula is C25H20N4O. The van der Waals surface area contributed by atoms with E-state index in [9.17, 15) is 0 Å². The summed E-state index contributed by atoms with van der Waals surface area (Å²) in [7, 11) is 0. The van der Waals surface area contributed by atoms with Gasteiger partial charge in [0.25, 0.3) is 0 Å². The molecule has 2 aromatic heterocycles. The van der Waals surface area contributed by atoms with Crippen molar-refractivity contribution in [3.8, 4) is 34.0 Å². The first kappa shape index (κ1) is 17.9. The molecule has 0 aliphatic rings. The molecule has 146 valence electrons. The summed E-state index contributed by atoms with van der Waals surface area (Å²) >= 11 is 0. The standard InChI is InChI=1S/C25H20N4O/c1-16-7-9-17(10-8-16)21-15-22-23(25(26)29-28-22)24(27-21)18-11-13-20(14-12-18)30-19-5-3-2-4-6-19/h2-15H,1H3,(H3,26,28,29). The van der Waals surface area contributed by atoms with Gasteiger partial charge in [-0.3, -0.25) is 5.10 Å². The third-order valence-corrected chi connectivity index (χ3v) is 5.03. The number of aryl methyl sites for hydroxylation is 1. The second-order valence-electron chi connectivity index (χ2n) is 7.19. The minimum Gasteiger partial charge on any atom is -0.457 e. The largest absolute Gasteiger partial charge is 0.457 e. The predicted octanol–water partition coefficient (Wildman–Crippen LogP) is 5.97. The van der Waals surface area contributed by atoms with E-state index >= 15 is 0 Å². The van der Waals surface area contributed by atoms with Gasteiger partial charge in [-0.2, -0.15) is 5.10 Å². The van der Waals surface area contributed by atoms with E-state index in [0.717, 1.165) is 44.9 Å². The van der Waals surface area contributed by atoms with Crippen molar-refractivity contribution in [1.29, 1.82) is 0 Å². The fraction of sp³-hybridized carbons (Fsp3) is 0.0400. The van der Waals surface area contributed by atoms with Crippen LogP contribution in [-0.2, 0) is 0 Å². The lowest BCUT2D eigenvalue weighted by Crippen LogP contribution is -1.93. The summed E-state index contributed by atoms with van der Waals surface area (Å²) < 4.78 is 5.91. The monoisotopic (exact) mass is 392 g/mol. The smallest absolute Gasteiger partial charge is 0.155 e. The Morgan fingerprint density at radius 3 is 2.20 bits per heavy atom. The number of pyridine rings is 1. The van der Waals surface area contributed by atoms with E-state index in [1.165, 1.54) is 5.56 Å². The number of rotatable bonds is 4.